The van der Waals surface area contributed by atoms with E-state index in [0.717, 1.165) is 51.4 Å². The first kappa shape index (κ1) is 25.6. The molecule has 6 nitrogen and oxygen atoms in total. The van der Waals surface area contributed by atoms with E-state index in [4.69, 9.17) is 0 Å². The second-order valence-corrected chi connectivity index (χ2v) is 9.68. The van der Waals surface area contributed by atoms with Crippen LogP contribution in [0, 0.1) is 0 Å². The van der Waals surface area contributed by atoms with Gasteiger partial charge in [0.1, 0.15) is 12.5 Å². The fourth-order valence-electron chi connectivity index (χ4n) is 5.11. The molecule has 0 radical (unpaired) electrons. The number of aliphatic hydroxyl groups excluding tert-OH is 2. The van der Waals surface area contributed by atoms with Crippen molar-refractivity contribution in [3.8, 4) is 0 Å². The highest BCUT2D eigenvalue weighted by Gasteiger charge is 2.33. The second kappa shape index (κ2) is 11.5. The summed E-state index contributed by atoms with van der Waals surface area (Å²) < 4.78 is 39.4. The lowest BCUT2D eigenvalue weighted by Gasteiger charge is -2.45. The zero-order chi connectivity index (χ0) is 24.1. The highest BCUT2D eigenvalue weighted by atomic mass is 19.4. The van der Waals surface area contributed by atoms with Crippen LogP contribution in [0.2, 0.25) is 0 Å². The molecule has 2 atom stereocenters. The van der Waals surface area contributed by atoms with Crippen molar-refractivity contribution in [2.75, 3.05) is 58.9 Å². The predicted molar refractivity (Wildman–Crippen MR) is 126 cm³/mol. The molecule has 4 rings (SSSR count). The van der Waals surface area contributed by atoms with Crippen molar-refractivity contribution < 1.29 is 23.4 Å². The maximum atomic E-state index is 13.1. The lowest BCUT2D eigenvalue weighted by atomic mass is 9.91. The minimum atomic E-state index is -4.40. The quantitative estimate of drug-likeness (QED) is 0.594. The molecule has 1 aromatic rings. The number of alkyl halides is 3. The summed E-state index contributed by atoms with van der Waals surface area (Å²) in [6, 6.07) is 6.21. The Kier molecular flexibility index (Phi) is 8.66. The normalized spacial score (nSPS) is 24.4. The minimum absolute atomic E-state index is 0.106. The third kappa shape index (κ3) is 6.59. The van der Waals surface area contributed by atoms with Crippen molar-refractivity contribution in [1.82, 2.24) is 19.6 Å². The van der Waals surface area contributed by atoms with Crippen molar-refractivity contribution in [3.63, 3.8) is 0 Å². The Morgan fingerprint density at radius 2 is 1.50 bits per heavy atom. The Morgan fingerprint density at radius 1 is 0.882 bits per heavy atom. The molecule has 34 heavy (non-hydrogen) atoms. The molecule has 2 aliphatic heterocycles. The number of nitrogens with zero attached hydrogens (tertiary/aromatic N) is 4. The van der Waals surface area contributed by atoms with Crippen LogP contribution in [0.15, 0.2) is 30.3 Å². The summed E-state index contributed by atoms with van der Waals surface area (Å²) in [7, 11) is 0. The summed E-state index contributed by atoms with van der Waals surface area (Å²) in [6.45, 7) is 7.29. The van der Waals surface area contributed by atoms with Gasteiger partial charge >= 0.3 is 6.18 Å². The van der Waals surface area contributed by atoms with Crippen LogP contribution < -0.4 is 0 Å². The van der Waals surface area contributed by atoms with Crippen molar-refractivity contribution in [3.05, 3.63) is 41.5 Å². The molecule has 0 amide bonds. The minimum Gasteiger partial charge on any atom is -0.378 e. The highest BCUT2D eigenvalue weighted by molar-refractivity contribution is 5.54. The zero-order valence-electron chi connectivity index (χ0n) is 19.7. The molecule has 9 heteroatoms. The molecule has 2 saturated heterocycles. The third-order valence-electron chi connectivity index (χ3n) is 7.52. The zero-order valence-corrected chi connectivity index (χ0v) is 19.7. The summed E-state index contributed by atoms with van der Waals surface area (Å²) in [5.74, 6) is 0. The molecule has 3 fully saturated rings. The first-order chi connectivity index (χ1) is 16.3. The number of rotatable bonds is 8. The fraction of sp³-hybridized carbons (Fsp3) is 0.680. The van der Waals surface area contributed by atoms with Crippen molar-refractivity contribution in [2.45, 2.75) is 50.4 Å². The van der Waals surface area contributed by atoms with Gasteiger partial charge in [-0.2, -0.15) is 13.2 Å². The standard InChI is InChI=1S/C25H37F3N4O2/c26-25(27,28)22-9-2-1-5-20(22)6-3-10-23(33)31-13-11-29(12-14-31)19-24(34)32-17-15-30(16-18-32)21-7-4-8-21/h1-3,5-6,9,21,23-24,33-34H,4,7-8,10-19H2/b6-3+. The van der Waals surface area contributed by atoms with E-state index in [1.807, 2.05) is 4.90 Å². The molecule has 1 aliphatic carbocycles. The number of benzene rings is 1. The Labute approximate surface area is 200 Å². The molecular formula is C25H37F3N4O2. The van der Waals surface area contributed by atoms with Crippen LogP contribution in [0.4, 0.5) is 13.2 Å². The van der Waals surface area contributed by atoms with E-state index in [2.05, 4.69) is 14.7 Å². The number of hydrogen-bond acceptors (Lipinski definition) is 6. The molecule has 2 N–H and O–H groups in total. The van der Waals surface area contributed by atoms with Crippen LogP contribution in [0.5, 0.6) is 0 Å². The van der Waals surface area contributed by atoms with Crippen LogP contribution in [0.3, 0.4) is 0 Å². The number of piperazine rings is 2. The van der Waals surface area contributed by atoms with Gasteiger partial charge in [-0.15, -0.1) is 0 Å². The first-order valence-corrected chi connectivity index (χ1v) is 12.4. The fourth-order valence-corrected chi connectivity index (χ4v) is 5.11. The van der Waals surface area contributed by atoms with E-state index in [-0.39, 0.29) is 12.0 Å². The van der Waals surface area contributed by atoms with Gasteiger partial charge in [-0.1, -0.05) is 36.8 Å². The molecule has 2 heterocycles. The van der Waals surface area contributed by atoms with Crippen LogP contribution >= 0.6 is 0 Å². The first-order valence-electron chi connectivity index (χ1n) is 12.4. The van der Waals surface area contributed by atoms with Crippen molar-refractivity contribution >= 4 is 6.08 Å². The van der Waals surface area contributed by atoms with Crippen LogP contribution in [-0.4, -0.2) is 107 Å². The summed E-state index contributed by atoms with van der Waals surface area (Å²) >= 11 is 0. The Bertz CT molecular complexity index is 802. The molecule has 0 spiro atoms. The molecular weight excluding hydrogens is 445 g/mol. The van der Waals surface area contributed by atoms with E-state index < -0.39 is 24.2 Å². The lowest BCUT2D eigenvalue weighted by molar-refractivity contribution is -0.137. The summed E-state index contributed by atoms with van der Waals surface area (Å²) in [5, 5.41) is 21.2. The van der Waals surface area contributed by atoms with E-state index in [1.54, 1.807) is 12.1 Å². The predicted octanol–water partition coefficient (Wildman–Crippen LogP) is 2.53. The van der Waals surface area contributed by atoms with E-state index in [1.165, 1.54) is 37.5 Å². The Balaban J connectivity index is 1.17. The van der Waals surface area contributed by atoms with E-state index in [0.29, 0.717) is 19.6 Å². The SMILES string of the molecule is OC(C/C=C/c1ccccc1C(F)(F)F)N1CCN(CC(O)N2CCN(C3CCC3)CC2)CC1. The van der Waals surface area contributed by atoms with Gasteiger partial charge in [0.2, 0.25) is 0 Å². The average molecular weight is 483 g/mol. The Morgan fingerprint density at radius 3 is 2.12 bits per heavy atom. The van der Waals surface area contributed by atoms with Gasteiger partial charge in [-0.25, -0.2) is 0 Å². The van der Waals surface area contributed by atoms with Gasteiger partial charge in [-0.05, 0) is 24.5 Å². The average Bonchev–Trinajstić information content (AvgIpc) is 2.78. The third-order valence-corrected chi connectivity index (χ3v) is 7.52. The van der Waals surface area contributed by atoms with Gasteiger partial charge in [0.25, 0.3) is 0 Å². The molecule has 2 unspecified atom stereocenters. The van der Waals surface area contributed by atoms with Gasteiger partial charge in [0, 0.05) is 71.4 Å². The van der Waals surface area contributed by atoms with E-state index in [9.17, 15) is 23.4 Å². The van der Waals surface area contributed by atoms with Gasteiger partial charge in [0.05, 0.1) is 5.56 Å². The molecule has 3 aliphatic rings. The van der Waals surface area contributed by atoms with Crippen LogP contribution in [-0.2, 0) is 6.18 Å². The molecule has 190 valence electrons. The number of hydrogen-bond donors (Lipinski definition) is 2. The Hall–Kier alpha value is -1.49. The topological polar surface area (TPSA) is 53.4 Å². The van der Waals surface area contributed by atoms with Gasteiger partial charge in [0.15, 0.2) is 0 Å². The number of halogens is 3. The molecule has 0 bridgehead atoms. The lowest BCUT2D eigenvalue weighted by Crippen LogP contribution is -2.58. The van der Waals surface area contributed by atoms with E-state index >= 15 is 0 Å². The molecule has 1 saturated carbocycles. The molecule has 0 aromatic heterocycles. The van der Waals surface area contributed by atoms with Crippen LogP contribution in [0.25, 0.3) is 6.08 Å². The summed E-state index contributed by atoms with van der Waals surface area (Å²) in [5.41, 5.74) is -0.563. The van der Waals surface area contributed by atoms with Crippen molar-refractivity contribution in [2.24, 2.45) is 0 Å². The second-order valence-electron chi connectivity index (χ2n) is 9.68. The highest BCUT2D eigenvalue weighted by Crippen LogP contribution is 2.32. The van der Waals surface area contributed by atoms with Gasteiger partial charge in [-0.3, -0.25) is 19.6 Å². The van der Waals surface area contributed by atoms with Crippen molar-refractivity contribution in [1.29, 1.82) is 0 Å². The largest absolute Gasteiger partial charge is 0.416 e. The summed E-state index contributed by atoms with van der Waals surface area (Å²) in [6.07, 6.45) is 1.67. The molecule has 1 aromatic carbocycles. The number of β-amino-alcohol motifs (C(OH)–C–C–N with tert-alkyl or cyclic N) is 1. The smallest absolute Gasteiger partial charge is 0.378 e. The maximum absolute atomic E-state index is 13.1. The monoisotopic (exact) mass is 482 g/mol. The maximum Gasteiger partial charge on any atom is 0.416 e. The van der Waals surface area contributed by atoms with Crippen LogP contribution in [0.1, 0.15) is 36.8 Å². The van der Waals surface area contributed by atoms with Gasteiger partial charge < -0.3 is 10.2 Å². The number of aliphatic hydroxyl groups is 2. The summed E-state index contributed by atoms with van der Waals surface area (Å²) in [4.78, 5) is 8.89.